The van der Waals surface area contributed by atoms with E-state index in [4.69, 9.17) is 9.84 Å². The zero-order valence-electron chi connectivity index (χ0n) is 38.3. The van der Waals surface area contributed by atoms with E-state index >= 15 is 0 Å². The number of fused-ring (bicyclic) bond motifs is 7. The van der Waals surface area contributed by atoms with E-state index in [9.17, 15) is 24.3 Å². The third-order valence-corrected chi connectivity index (χ3v) is 14.9. The first-order valence-electron chi connectivity index (χ1n) is 21.8. The molecule has 0 bridgehead atoms. The number of nitrogens with zero attached hydrogens (tertiary/aromatic N) is 1. The predicted octanol–water partition coefficient (Wildman–Crippen LogP) is 9.53. The van der Waals surface area contributed by atoms with Crippen molar-refractivity contribution in [2.75, 3.05) is 40.4 Å². The van der Waals surface area contributed by atoms with Crippen LogP contribution in [0.5, 0.6) is 0 Å². The van der Waals surface area contributed by atoms with Gasteiger partial charge in [0, 0.05) is 33.2 Å². The minimum atomic E-state index is -0.924. The molecule has 9 heteroatoms. The number of carbonyl (C=O) groups is 4. The average Bonchev–Trinajstić information content (AvgIpc) is 3.71. The maximum atomic E-state index is 14.0. The van der Waals surface area contributed by atoms with Crippen LogP contribution < -0.4 is 5.32 Å². The van der Waals surface area contributed by atoms with Crippen LogP contribution in [-0.2, 0) is 19.1 Å². The van der Waals surface area contributed by atoms with Crippen LogP contribution >= 0.6 is 0 Å². The highest BCUT2D eigenvalue weighted by Crippen LogP contribution is 2.73. The van der Waals surface area contributed by atoms with Crippen molar-refractivity contribution in [3.8, 4) is 38.5 Å². The fourth-order valence-electron chi connectivity index (χ4n) is 12.6. The number of aliphatic carboxylic acids is 1. The Morgan fingerprint density at radius 3 is 2.03 bits per heavy atom. The maximum absolute atomic E-state index is 14.0. The third-order valence-electron chi connectivity index (χ3n) is 14.9. The molecule has 0 heterocycles. The summed E-state index contributed by atoms with van der Waals surface area (Å²) in [5.41, 5.74) is 3.37. The number of benzene rings is 1. The molecule has 1 amide bonds. The van der Waals surface area contributed by atoms with E-state index in [1.54, 1.807) is 25.3 Å². The predicted molar refractivity (Wildman–Crippen MR) is 248 cm³/mol. The van der Waals surface area contributed by atoms with Crippen molar-refractivity contribution < 1.29 is 34.1 Å². The SMILES string of the molecule is C#C.C#C.C#C.C=CC.COCCN(C)CCNC(=O)[C@]12CCCC1[C@H]1CCC3[C@@](C)(CCC4C(C)(C)C(c5ccc(C(=O)O)cc5)=CC[C@@]43C)C1CC2.O=CCCC(=O)O. The third kappa shape index (κ3) is 12.3. The van der Waals surface area contributed by atoms with E-state index in [0.717, 1.165) is 51.4 Å². The van der Waals surface area contributed by atoms with Crippen molar-refractivity contribution >= 4 is 29.7 Å². The summed E-state index contributed by atoms with van der Waals surface area (Å²) in [6.07, 6.45) is 40.9. The second kappa shape index (κ2) is 25.3. The van der Waals surface area contributed by atoms with E-state index in [1.807, 2.05) is 19.1 Å². The molecule has 5 aliphatic rings. The van der Waals surface area contributed by atoms with Crippen LogP contribution in [0.15, 0.2) is 43.0 Å². The first-order chi connectivity index (χ1) is 29.1. The number of nitrogens with one attached hydrogen (secondary N) is 1. The molecule has 4 fully saturated rings. The lowest BCUT2D eigenvalue weighted by atomic mass is 9.36. The number of hydrogen-bond donors (Lipinski definition) is 3. The van der Waals surface area contributed by atoms with Crippen molar-refractivity contribution in [3.05, 3.63) is 54.1 Å². The summed E-state index contributed by atoms with van der Waals surface area (Å²) < 4.78 is 5.22. The van der Waals surface area contributed by atoms with Crippen molar-refractivity contribution in [1.29, 1.82) is 0 Å². The normalized spacial score (nSPS) is 29.5. The van der Waals surface area contributed by atoms with E-state index in [2.05, 4.69) is 96.2 Å². The van der Waals surface area contributed by atoms with E-state index < -0.39 is 11.9 Å². The summed E-state index contributed by atoms with van der Waals surface area (Å²) in [6, 6.07) is 7.55. The summed E-state index contributed by atoms with van der Waals surface area (Å²) in [5, 5.41) is 20.7. The molecule has 4 saturated carbocycles. The summed E-state index contributed by atoms with van der Waals surface area (Å²) in [7, 11) is 3.84. The summed E-state index contributed by atoms with van der Waals surface area (Å²) in [5.74, 6) is 1.77. The van der Waals surface area contributed by atoms with Crippen LogP contribution in [0.3, 0.4) is 0 Å². The molecule has 1 aromatic rings. The van der Waals surface area contributed by atoms with Crippen LogP contribution in [0.4, 0.5) is 0 Å². The van der Waals surface area contributed by atoms with Gasteiger partial charge in [0.15, 0.2) is 0 Å². The number of amides is 1. The number of methoxy groups -OCH3 is 1. The zero-order chi connectivity index (χ0) is 46.6. The molecule has 9 nitrogen and oxygen atoms in total. The lowest BCUT2D eigenvalue weighted by Gasteiger charge is -2.68. The van der Waals surface area contributed by atoms with E-state index in [-0.39, 0.29) is 29.1 Å². The van der Waals surface area contributed by atoms with E-state index in [1.165, 1.54) is 56.1 Å². The Morgan fingerprint density at radius 2 is 1.49 bits per heavy atom. The zero-order valence-corrected chi connectivity index (χ0v) is 38.3. The molecule has 1 aromatic carbocycles. The van der Waals surface area contributed by atoms with Gasteiger partial charge in [-0.05, 0) is 141 Å². The number of carboxylic acids is 2. The molecule has 6 rings (SSSR count). The fourth-order valence-corrected chi connectivity index (χ4v) is 12.6. The van der Waals surface area contributed by atoms with Gasteiger partial charge in [0.1, 0.15) is 6.29 Å². The minimum absolute atomic E-state index is 0.0266. The standard InChI is InChI=1S/C39H58N2O4.C4H6O3.C3H6.3C2H2/c1-36(2)29(26-9-11-27(12-10-26)34(42)43)15-19-38(4)32(36)17-20-37(3)30-16-21-39(35(44)40-22-23-41(5)24-25-45-6)18-7-8-31(39)28(30)13-14-33(37)38;5-3-1-2-4(6)7;1-3-2;3*1-2/h9-12,15,28,30-33H,7-8,13-14,16-25H2,1-6H3,(H,40,44)(H,42,43);3H,1-2H2,(H,6,7);3H,1H2,2H3;3*1-2H/t28-,30?,31?,32?,33?,37-,38-,39-;;;;;/m0...../s1. The number of aromatic carboxylic acids is 1. The number of hydrogen-bond acceptors (Lipinski definition) is 6. The van der Waals surface area contributed by atoms with E-state index in [0.29, 0.717) is 46.8 Å². The number of terminal acetylenes is 3. The summed E-state index contributed by atoms with van der Waals surface area (Å²) in [4.78, 5) is 46.7. The molecular weight excluding hydrogens is 765 g/mol. The van der Waals surface area contributed by atoms with Crippen molar-refractivity contribution in [1.82, 2.24) is 10.2 Å². The molecule has 0 spiro atoms. The van der Waals surface area contributed by atoms with Gasteiger partial charge in [-0.3, -0.25) is 9.59 Å². The van der Waals surface area contributed by atoms with Gasteiger partial charge in [0.05, 0.1) is 24.0 Å². The number of allylic oxidation sites excluding steroid dienone is 3. The lowest BCUT2D eigenvalue weighted by Crippen LogP contribution is -2.62. The fraction of sp³-hybridized carbons (Fsp3) is 0.615. The van der Waals surface area contributed by atoms with Crippen LogP contribution in [0.1, 0.15) is 128 Å². The first-order valence-corrected chi connectivity index (χ1v) is 21.8. The molecule has 0 saturated heterocycles. The first kappa shape index (κ1) is 54.4. The van der Waals surface area contributed by atoms with Gasteiger partial charge in [0.25, 0.3) is 0 Å². The van der Waals surface area contributed by atoms with Gasteiger partial charge in [-0.25, -0.2) is 4.79 Å². The van der Waals surface area contributed by atoms with Crippen LogP contribution in [0.2, 0.25) is 0 Å². The highest BCUT2D eigenvalue weighted by molar-refractivity contribution is 5.88. The Labute approximate surface area is 368 Å². The number of carbonyl (C=O) groups excluding carboxylic acids is 2. The van der Waals surface area contributed by atoms with Gasteiger partial charge in [-0.2, -0.15) is 0 Å². The maximum Gasteiger partial charge on any atom is 0.335 e. The number of likely N-dealkylation sites (N-methyl/N-ethyl adjacent to an activating group) is 1. The molecule has 336 valence electrons. The Kier molecular flexibility index (Phi) is 22.6. The molecule has 0 aromatic heterocycles. The quantitative estimate of drug-likeness (QED) is 0.108. The Hall–Kier alpha value is -4.62. The minimum Gasteiger partial charge on any atom is -0.481 e. The van der Waals surface area contributed by atoms with Crippen molar-refractivity contribution in [2.45, 2.75) is 112 Å². The van der Waals surface area contributed by atoms with Crippen molar-refractivity contribution in [2.24, 2.45) is 51.2 Å². The Balaban J connectivity index is 0.00000101. The number of carboxylic acid groups (broad SMARTS) is 2. The Bertz CT molecular complexity index is 1660. The van der Waals surface area contributed by atoms with Gasteiger partial charge in [-0.1, -0.05) is 58.4 Å². The van der Waals surface area contributed by atoms with Crippen molar-refractivity contribution in [3.63, 3.8) is 0 Å². The lowest BCUT2D eigenvalue weighted by molar-refractivity contribution is -0.181. The molecule has 3 N–H and O–H groups in total. The summed E-state index contributed by atoms with van der Waals surface area (Å²) >= 11 is 0. The number of ether oxygens (including phenoxy) is 1. The molecule has 5 aliphatic carbocycles. The average molecular weight is 841 g/mol. The molecule has 0 radical (unpaired) electrons. The highest BCUT2D eigenvalue weighted by Gasteiger charge is 2.66. The molecular formula is C52H76N2O7. The second-order valence-electron chi connectivity index (χ2n) is 18.2. The highest BCUT2D eigenvalue weighted by atomic mass is 16.5. The van der Waals surface area contributed by atoms with Gasteiger partial charge < -0.3 is 30.0 Å². The molecule has 8 atom stereocenters. The molecule has 0 aliphatic heterocycles. The number of aldehydes is 1. The van der Waals surface area contributed by atoms with Gasteiger partial charge in [0.2, 0.25) is 5.91 Å². The molecule has 4 unspecified atom stereocenters. The van der Waals surface area contributed by atoms with Crippen LogP contribution in [0, 0.1) is 89.8 Å². The summed E-state index contributed by atoms with van der Waals surface area (Å²) in [6.45, 7) is 18.6. The molecule has 61 heavy (non-hydrogen) atoms. The van der Waals surface area contributed by atoms with Crippen LogP contribution in [-0.4, -0.2) is 79.6 Å². The van der Waals surface area contributed by atoms with Gasteiger partial charge in [-0.15, -0.1) is 45.1 Å². The monoisotopic (exact) mass is 841 g/mol. The smallest absolute Gasteiger partial charge is 0.335 e. The topological polar surface area (TPSA) is 133 Å². The number of rotatable bonds is 12. The largest absolute Gasteiger partial charge is 0.481 e. The Morgan fingerprint density at radius 1 is 0.869 bits per heavy atom. The van der Waals surface area contributed by atoms with Gasteiger partial charge >= 0.3 is 11.9 Å². The second-order valence-corrected chi connectivity index (χ2v) is 18.2. The van der Waals surface area contributed by atoms with Crippen LogP contribution in [0.25, 0.3) is 5.57 Å².